The number of nitriles is 1. The summed E-state index contributed by atoms with van der Waals surface area (Å²) in [6.07, 6.45) is 8.35. The molecule has 0 bridgehead atoms. The fourth-order valence-corrected chi connectivity index (χ4v) is 4.48. The molecule has 6 nitrogen and oxygen atoms in total. The summed E-state index contributed by atoms with van der Waals surface area (Å²) < 4.78 is 6.20. The van der Waals surface area contributed by atoms with Crippen LogP contribution in [0.4, 0.5) is 0 Å². The van der Waals surface area contributed by atoms with Crippen molar-refractivity contribution in [2.75, 3.05) is 19.6 Å². The van der Waals surface area contributed by atoms with Crippen molar-refractivity contribution in [3.63, 3.8) is 0 Å². The third-order valence-corrected chi connectivity index (χ3v) is 6.42. The second kappa shape index (κ2) is 8.48. The lowest BCUT2D eigenvalue weighted by Gasteiger charge is -2.41. The number of hydrogen-bond donors (Lipinski definition) is 0. The Morgan fingerprint density at radius 2 is 2.07 bits per heavy atom. The normalized spacial score (nSPS) is 20.9. The van der Waals surface area contributed by atoms with Gasteiger partial charge >= 0.3 is 0 Å². The quantitative estimate of drug-likeness (QED) is 0.783. The van der Waals surface area contributed by atoms with Crippen LogP contribution in [0.1, 0.15) is 68.7 Å². The molecule has 2 aliphatic heterocycles. The molecule has 2 fully saturated rings. The van der Waals surface area contributed by atoms with Gasteiger partial charge in [0.2, 0.25) is 11.8 Å². The summed E-state index contributed by atoms with van der Waals surface area (Å²) in [5.41, 5.74) is 2.45. The highest BCUT2D eigenvalue weighted by Gasteiger charge is 2.30. The van der Waals surface area contributed by atoms with Gasteiger partial charge in [0.25, 0.3) is 0 Å². The highest BCUT2D eigenvalue weighted by atomic mass is 16.5. The summed E-state index contributed by atoms with van der Waals surface area (Å²) in [6, 6.07) is 4.92. The van der Waals surface area contributed by atoms with Gasteiger partial charge in [-0.3, -0.25) is 4.79 Å². The molecule has 150 valence electrons. The van der Waals surface area contributed by atoms with Crippen LogP contribution in [0.25, 0.3) is 0 Å². The molecule has 1 saturated heterocycles. The van der Waals surface area contributed by atoms with E-state index in [1.54, 1.807) is 0 Å². The maximum Gasteiger partial charge on any atom is 0.232 e. The fraction of sp³-hybridized carbons (Fsp3) is 0.682. The second-order valence-electron chi connectivity index (χ2n) is 8.31. The van der Waals surface area contributed by atoms with Crippen LogP contribution in [0.5, 0.6) is 5.88 Å². The molecule has 0 aromatic carbocycles. The fourth-order valence-electron chi connectivity index (χ4n) is 4.48. The first-order valence-electron chi connectivity index (χ1n) is 10.8. The monoisotopic (exact) mass is 382 g/mol. The minimum absolute atomic E-state index is 0.139. The maximum absolute atomic E-state index is 12.2. The first kappa shape index (κ1) is 19.2. The van der Waals surface area contributed by atoms with Gasteiger partial charge in [0.1, 0.15) is 17.7 Å². The Balaban J connectivity index is 1.41. The van der Waals surface area contributed by atoms with Gasteiger partial charge in [0, 0.05) is 45.1 Å². The number of pyridine rings is 1. The van der Waals surface area contributed by atoms with Crippen LogP contribution in [0.3, 0.4) is 0 Å². The summed E-state index contributed by atoms with van der Waals surface area (Å²) in [7, 11) is 0. The van der Waals surface area contributed by atoms with E-state index in [0.29, 0.717) is 31.0 Å². The Morgan fingerprint density at radius 3 is 2.71 bits per heavy atom. The van der Waals surface area contributed by atoms with Gasteiger partial charge in [-0.2, -0.15) is 5.26 Å². The van der Waals surface area contributed by atoms with Crippen LogP contribution in [-0.4, -0.2) is 52.5 Å². The number of ether oxygens (including phenoxy) is 1. The minimum atomic E-state index is 0.139. The van der Waals surface area contributed by atoms with E-state index in [-0.39, 0.29) is 12.0 Å². The molecule has 1 amide bonds. The van der Waals surface area contributed by atoms with Crippen LogP contribution >= 0.6 is 0 Å². The Bertz CT molecular complexity index is 761. The van der Waals surface area contributed by atoms with Crippen LogP contribution in [0.2, 0.25) is 0 Å². The molecule has 1 saturated carbocycles. The summed E-state index contributed by atoms with van der Waals surface area (Å²) in [4.78, 5) is 21.4. The van der Waals surface area contributed by atoms with Crippen LogP contribution < -0.4 is 4.74 Å². The summed E-state index contributed by atoms with van der Waals surface area (Å²) in [6.45, 7) is 5.43. The van der Waals surface area contributed by atoms with E-state index in [1.165, 1.54) is 19.3 Å². The van der Waals surface area contributed by atoms with Gasteiger partial charge < -0.3 is 14.5 Å². The number of nitrogens with zero attached hydrogens (tertiary/aromatic N) is 4. The van der Waals surface area contributed by atoms with E-state index in [0.717, 1.165) is 56.1 Å². The number of piperidine rings is 1. The number of carbonyl (C=O) groups excluding carboxylic acids is 1. The van der Waals surface area contributed by atoms with Crippen molar-refractivity contribution in [3.8, 4) is 11.9 Å². The van der Waals surface area contributed by atoms with Gasteiger partial charge in [0.15, 0.2) is 0 Å². The SMILES string of the molecule is CCCC(=O)N1CCc2nc(OC3CCN(C4CCC4)CC3)c(C#N)cc2C1. The lowest BCUT2D eigenvalue weighted by molar-refractivity contribution is -0.132. The lowest BCUT2D eigenvalue weighted by Crippen LogP contribution is -2.46. The molecule has 0 radical (unpaired) electrons. The van der Waals surface area contributed by atoms with Gasteiger partial charge in [-0.05, 0) is 43.7 Å². The van der Waals surface area contributed by atoms with E-state index < -0.39 is 0 Å². The number of likely N-dealkylation sites (tertiary alicyclic amines) is 1. The van der Waals surface area contributed by atoms with E-state index >= 15 is 0 Å². The first-order valence-corrected chi connectivity index (χ1v) is 10.8. The zero-order valence-electron chi connectivity index (χ0n) is 16.8. The van der Waals surface area contributed by atoms with E-state index in [9.17, 15) is 10.1 Å². The molecule has 6 heteroatoms. The molecule has 0 unspecified atom stereocenters. The van der Waals surface area contributed by atoms with Crippen molar-refractivity contribution in [3.05, 3.63) is 22.9 Å². The van der Waals surface area contributed by atoms with Crippen molar-refractivity contribution in [2.45, 2.75) is 77.0 Å². The van der Waals surface area contributed by atoms with E-state index in [1.807, 2.05) is 17.9 Å². The molecule has 1 aliphatic carbocycles. The third-order valence-electron chi connectivity index (χ3n) is 6.42. The molecular formula is C22H30N4O2. The lowest BCUT2D eigenvalue weighted by atomic mass is 9.90. The molecular weight excluding hydrogens is 352 g/mol. The molecule has 3 heterocycles. The number of aromatic nitrogens is 1. The van der Waals surface area contributed by atoms with E-state index in [2.05, 4.69) is 11.0 Å². The van der Waals surface area contributed by atoms with Crippen molar-refractivity contribution in [1.29, 1.82) is 5.26 Å². The second-order valence-corrected chi connectivity index (χ2v) is 8.31. The largest absolute Gasteiger partial charge is 0.473 e. The minimum Gasteiger partial charge on any atom is -0.473 e. The summed E-state index contributed by atoms with van der Waals surface area (Å²) in [5.74, 6) is 0.668. The first-order chi connectivity index (χ1) is 13.7. The standard InChI is InChI=1S/C22H30N4O2/c1-2-4-21(27)26-12-9-20-17(15-26)13-16(14-23)22(24-20)28-19-7-10-25(11-8-19)18-5-3-6-18/h13,18-19H,2-12,15H2,1H3. The Morgan fingerprint density at radius 1 is 1.29 bits per heavy atom. The third kappa shape index (κ3) is 4.00. The van der Waals surface area contributed by atoms with Crippen molar-refractivity contribution in [2.24, 2.45) is 0 Å². The average molecular weight is 383 g/mol. The van der Waals surface area contributed by atoms with E-state index in [4.69, 9.17) is 9.72 Å². The zero-order chi connectivity index (χ0) is 19.5. The highest BCUT2D eigenvalue weighted by Crippen LogP contribution is 2.30. The van der Waals surface area contributed by atoms with Gasteiger partial charge in [-0.15, -0.1) is 0 Å². The summed E-state index contributed by atoms with van der Waals surface area (Å²) in [5, 5.41) is 9.60. The Labute approximate surface area is 167 Å². The molecule has 0 spiro atoms. The van der Waals surface area contributed by atoms with Crippen molar-refractivity contribution >= 4 is 5.91 Å². The molecule has 0 N–H and O–H groups in total. The van der Waals surface area contributed by atoms with Crippen LogP contribution in [0.15, 0.2) is 6.07 Å². The summed E-state index contributed by atoms with van der Waals surface area (Å²) >= 11 is 0. The molecule has 4 rings (SSSR count). The van der Waals surface area contributed by atoms with Gasteiger partial charge in [-0.25, -0.2) is 4.98 Å². The smallest absolute Gasteiger partial charge is 0.232 e. The predicted molar refractivity (Wildman–Crippen MR) is 106 cm³/mol. The number of fused-ring (bicyclic) bond motifs is 1. The van der Waals surface area contributed by atoms with Crippen LogP contribution in [0, 0.1) is 11.3 Å². The molecule has 1 aromatic heterocycles. The predicted octanol–water partition coefficient (Wildman–Crippen LogP) is 3.03. The van der Waals surface area contributed by atoms with Crippen molar-refractivity contribution in [1.82, 2.24) is 14.8 Å². The number of hydrogen-bond acceptors (Lipinski definition) is 5. The van der Waals surface area contributed by atoms with Gasteiger partial charge in [-0.1, -0.05) is 13.3 Å². The zero-order valence-corrected chi connectivity index (χ0v) is 16.8. The molecule has 28 heavy (non-hydrogen) atoms. The van der Waals surface area contributed by atoms with Gasteiger partial charge in [0.05, 0.1) is 5.69 Å². The molecule has 0 atom stereocenters. The number of rotatable bonds is 5. The Hall–Kier alpha value is -2.13. The average Bonchev–Trinajstić information content (AvgIpc) is 2.67. The van der Waals surface area contributed by atoms with Crippen LogP contribution in [-0.2, 0) is 17.8 Å². The Kier molecular flexibility index (Phi) is 5.82. The molecule has 1 aromatic rings. The van der Waals surface area contributed by atoms with Crippen molar-refractivity contribution < 1.29 is 9.53 Å². The highest BCUT2D eigenvalue weighted by molar-refractivity contribution is 5.76. The topological polar surface area (TPSA) is 69.5 Å². The maximum atomic E-state index is 12.2. The molecule has 3 aliphatic rings. The number of carbonyl (C=O) groups is 1. The number of amides is 1.